The molecule has 2 unspecified atom stereocenters. The van der Waals surface area contributed by atoms with Crippen LogP contribution in [-0.2, 0) is 4.52 Å². The summed E-state index contributed by atoms with van der Waals surface area (Å²) in [5.74, 6) is 0.122. The largest absolute Gasteiger partial charge is 0.328 e. The molecule has 2 atom stereocenters. The molecule has 2 aromatic carbocycles. The van der Waals surface area contributed by atoms with E-state index in [0.717, 1.165) is 11.1 Å². The summed E-state index contributed by atoms with van der Waals surface area (Å²) in [5.41, 5.74) is 2.25. The number of rotatable bonds is 6. The normalized spacial score (nSPS) is 15.7. The lowest BCUT2D eigenvalue weighted by Gasteiger charge is -2.30. The van der Waals surface area contributed by atoms with Crippen LogP contribution >= 0.6 is 8.60 Å². The molecule has 2 N–H and O–H groups in total. The maximum absolute atomic E-state index is 9.31. The van der Waals surface area contributed by atoms with Crippen LogP contribution in [0.1, 0.15) is 36.8 Å². The second-order valence-electron chi connectivity index (χ2n) is 5.22. The first-order valence-corrected chi connectivity index (χ1v) is 8.20. The summed E-state index contributed by atoms with van der Waals surface area (Å²) in [6, 6.07) is 20.0. The lowest BCUT2D eigenvalue weighted by molar-refractivity contribution is 0.128. The van der Waals surface area contributed by atoms with Crippen LogP contribution in [0.5, 0.6) is 0 Å². The standard InChI is InChI=1S/C17H21O3P/c1-13(15-9-5-3-6-10-15)17(20-21(18)19)14(2)16-11-7-4-8-12-16/h3-14,17-19H,1-2H3. The average molecular weight is 304 g/mol. The second kappa shape index (κ2) is 7.67. The molecule has 0 radical (unpaired) electrons. The highest BCUT2D eigenvalue weighted by molar-refractivity contribution is 7.39. The Balaban J connectivity index is 2.26. The van der Waals surface area contributed by atoms with Crippen molar-refractivity contribution in [3.63, 3.8) is 0 Å². The van der Waals surface area contributed by atoms with Gasteiger partial charge in [-0.2, -0.15) is 0 Å². The Bertz CT molecular complexity index is 485. The molecule has 0 spiro atoms. The van der Waals surface area contributed by atoms with Crippen molar-refractivity contribution in [2.45, 2.75) is 31.8 Å². The van der Waals surface area contributed by atoms with Gasteiger partial charge in [-0.3, -0.25) is 0 Å². The molecular weight excluding hydrogens is 283 g/mol. The zero-order chi connectivity index (χ0) is 15.2. The molecule has 0 aliphatic rings. The predicted molar refractivity (Wildman–Crippen MR) is 85.9 cm³/mol. The molecule has 2 rings (SSSR count). The van der Waals surface area contributed by atoms with Crippen molar-refractivity contribution in [2.24, 2.45) is 0 Å². The molecule has 0 saturated carbocycles. The monoisotopic (exact) mass is 304 g/mol. The van der Waals surface area contributed by atoms with Gasteiger partial charge >= 0.3 is 8.60 Å². The maximum Gasteiger partial charge on any atom is 0.327 e. The molecule has 0 aromatic heterocycles. The van der Waals surface area contributed by atoms with Crippen LogP contribution in [0.3, 0.4) is 0 Å². The van der Waals surface area contributed by atoms with E-state index in [-0.39, 0.29) is 17.9 Å². The Morgan fingerprint density at radius 3 is 1.48 bits per heavy atom. The summed E-state index contributed by atoms with van der Waals surface area (Å²) in [6.45, 7) is 4.11. The Labute approximate surface area is 127 Å². The molecule has 0 heterocycles. The van der Waals surface area contributed by atoms with E-state index in [1.807, 2.05) is 60.7 Å². The van der Waals surface area contributed by atoms with Crippen molar-refractivity contribution < 1.29 is 14.3 Å². The van der Waals surface area contributed by atoms with Crippen LogP contribution in [0.2, 0.25) is 0 Å². The molecule has 21 heavy (non-hydrogen) atoms. The third kappa shape index (κ3) is 4.36. The summed E-state index contributed by atoms with van der Waals surface area (Å²) >= 11 is 0. The lowest BCUT2D eigenvalue weighted by Crippen LogP contribution is -2.25. The fourth-order valence-electron chi connectivity index (χ4n) is 2.62. The van der Waals surface area contributed by atoms with Crippen molar-refractivity contribution in [3.8, 4) is 0 Å². The molecule has 0 fully saturated rings. The van der Waals surface area contributed by atoms with Crippen molar-refractivity contribution in [3.05, 3.63) is 71.8 Å². The van der Waals surface area contributed by atoms with Gasteiger partial charge in [0.25, 0.3) is 0 Å². The van der Waals surface area contributed by atoms with Crippen molar-refractivity contribution in [1.82, 2.24) is 0 Å². The molecule has 4 heteroatoms. The molecule has 0 aliphatic heterocycles. The van der Waals surface area contributed by atoms with Gasteiger partial charge in [-0.05, 0) is 11.1 Å². The van der Waals surface area contributed by atoms with E-state index in [1.165, 1.54) is 0 Å². The number of hydrogen-bond acceptors (Lipinski definition) is 3. The SMILES string of the molecule is CC(c1ccccc1)C(OP(O)O)C(C)c1ccccc1. The van der Waals surface area contributed by atoms with Gasteiger partial charge in [0, 0.05) is 11.8 Å². The first-order valence-electron chi connectivity index (χ1n) is 7.04. The van der Waals surface area contributed by atoms with Gasteiger partial charge in [-0.25, -0.2) is 0 Å². The second-order valence-corrected chi connectivity index (χ2v) is 5.94. The van der Waals surface area contributed by atoms with Gasteiger partial charge in [0.15, 0.2) is 0 Å². The fourth-order valence-corrected chi connectivity index (χ4v) is 3.20. The highest BCUT2D eigenvalue weighted by Gasteiger charge is 2.29. The van der Waals surface area contributed by atoms with E-state index in [1.54, 1.807) is 0 Å². The first-order chi connectivity index (χ1) is 10.1. The van der Waals surface area contributed by atoms with Gasteiger partial charge < -0.3 is 14.3 Å². The molecule has 112 valence electrons. The van der Waals surface area contributed by atoms with Crippen LogP contribution in [0.15, 0.2) is 60.7 Å². The van der Waals surface area contributed by atoms with E-state index in [4.69, 9.17) is 4.52 Å². The predicted octanol–water partition coefficient (Wildman–Crippen LogP) is 4.19. The summed E-state index contributed by atoms with van der Waals surface area (Å²) < 4.78 is 5.46. The first kappa shape index (κ1) is 16.1. The molecular formula is C17H21O3P. The van der Waals surface area contributed by atoms with E-state index < -0.39 is 8.60 Å². The van der Waals surface area contributed by atoms with Gasteiger partial charge in [0.2, 0.25) is 0 Å². The summed E-state index contributed by atoms with van der Waals surface area (Å²) in [6.07, 6.45) is -0.295. The van der Waals surface area contributed by atoms with E-state index in [9.17, 15) is 9.79 Å². The summed E-state index contributed by atoms with van der Waals surface area (Å²) in [5, 5.41) is 0. The molecule has 3 nitrogen and oxygen atoms in total. The quantitative estimate of drug-likeness (QED) is 0.787. The van der Waals surface area contributed by atoms with Crippen molar-refractivity contribution >= 4 is 8.60 Å². The third-order valence-corrected chi connectivity index (χ3v) is 4.28. The Kier molecular flexibility index (Phi) is 5.89. The van der Waals surface area contributed by atoms with Gasteiger partial charge in [0.1, 0.15) is 0 Å². The topological polar surface area (TPSA) is 49.7 Å². The van der Waals surface area contributed by atoms with Crippen LogP contribution in [-0.4, -0.2) is 15.9 Å². The molecule has 0 saturated heterocycles. The van der Waals surface area contributed by atoms with Gasteiger partial charge in [0.05, 0.1) is 6.10 Å². The minimum atomic E-state index is -2.39. The highest BCUT2D eigenvalue weighted by atomic mass is 31.2. The average Bonchev–Trinajstić information content (AvgIpc) is 2.53. The van der Waals surface area contributed by atoms with Crippen LogP contribution < -0.4 is 0 Å². The molecule has 0 aliphatic carbocycles. The Hall–Kier alpha value is -1.25. The fraction of sp³-hybridized carbons (Fsp3) is 0.294. The summed E-state index contributed by atoms with van der Waals surface area (Å²) in [7, 11) is -2.39. The van der Waals surface area contributed by atoms with E-state index >= 15 is 0 Å². The number of benzene rings is 2. The zero-order valence-electron chi connectivity index (χ0n) is 12.3. The van der Waals surface area contributed by atoms with Gasteiger partial charge in [-0.15, -0.1) is 0 Å². The van der Waals surface area contributed by atoms with Crippen LogP contribution in [0, 0.1) is 0 Å². The highest BCUT2D eigenvalue weighted by Crippen LogP contribution is 2.39. The number of hydrogen-bond donors (Lipinski definition) is 2. The Morgan fingerprint density at radius 2 is 1.14 bits per heavy atom. The maximum atomic E-state index is 9.31. The van der Waals surface area contributed by atoms with E-state index in [0.29, 0.717) is 0 Å². The van der Waals surface area contributed by atoms with E-state index in [2.05, 4.69) is 13.8 Å². The third-order valence-electron chi connectivity index (χ3n) is 3.85. The summed E-state index contributed by atoms with van der Waals surface area (Å²) in [4.78, 5) is 18.6. The Morgan fingerprint density at radius 1 is 0.762 bits per heavy atom. The molecule has 0 amide bonds. The minimum Gasteiger partial charge on any atom is -0.328 e. The van der Waals surface area contributed by atoms with Crippen molar-refractivity contribution in [1.29, 1.82) is 0 Å². The molecule has 2 aromatic rings. The van der Waals surface area contributed by atoms with Crippen LogP contribution in [0.25, 0.3) is 0 Å². The molecule has 0 bridgehead atoms. The van der Waals surface area contributed by atoms with Gasteiger partial charge in [-0.1, -0.05) is 74.5 Å². The minimum absolute atomic E-state index is 0.0608. The van der Waals surface area contributed by atoms with Crippen molar-refractivity contribution in [2.75, 3.05) is 0 Å². The lowest BCUT2D eigenvalue weighted by atomic mass is 9.84. The van der Waals surface area contributed by atoms with Crippen LogP contribution in [0.4, 0.5) is 0 Å². The zero-order valence-corrected chi connectivity index (χ0v) is 13.1. The smallest absolute Gasteiger partial charge is 0.327 e.